The van der Waals surface area contributed by atoms with Crippen molar-refractivity contribution in [2.75, 3.05) is 13.7 Å². The summed E-state index contributed by atoms with van der Waals surface area (Å²) < 4.78 is 19.4. The third kappa shape index (κ3) is 6.20. The summed E-state index contributed by atoms with van der Waals surface area (Å²) in [6.07, 6.45) is 1.00. The van der Waals surface area contributed by atoms with Gasteiger partial charge in [-0.2, -0.15) is 0 Å². The van der Waals surface area contributed by atoms with Crippen molar-refractivity contribution in [2.24, 2.45) is 0 Å². The minimum atomic E-state index is -0.670. The molecular formula is C23H28ClFN2O3. The molecule has 162 valence electrons. The lowest BCUT2D eigenvalue weighted by atomic mass is 10.1. The number of rotatable bonds is 10. The molecule has 0 aliphatic heterocycles. The van der Waals surface area contributed by atoms with Crippen LogP contribution in [0, 0.1) is 5.82 Å². The standard InChI is InChI=1S/C23H28ClFN2O3/c1-4-13-26-23(29)21(5-2)27(15-16-9-11-17(30-3)12-10-16)22(28)14-18-19(24)7-6-8-20(18)25/h6-12,21H,4-5,13-15H2,1-3H3,(H,26,29)/t21-/m1/s1. The minimum Gasteiger partial charge on any atom is -0.497 e. The van der Waals surface area contributed by atoms with Gasteiger partial charge in [0.2, 0.25) is 11.8 Å². The van der Waals surface area contributed by atoms with Crippen molar-refractivity contribution < 1.29 is 18.7 Å². The molecule has 0 radical (unpaired) electrons. The maximum Gasteiger partial charge on any atom is 0.242 e. The van der Waals surface area contributed by atoms with Crippen LogP contribution in [-0.2, 0) is 22.6 Å². The Kier molecular flexibility index (Phi) is 9.12. The van der Waals surface area contributed by atoms with Gasteiger partial charge in [0.1, 0.15) is 17.6 Å². The number of methoxy groups -OCH3 is 1. The molecule has 0 spiro atoms. The molecule has 0 heterocycles. The van der Waals surface area contributed by atoms with Crippen molar-refractivity contribution in [3.8, 4) is 5.75 Å². The molecule has 0 fully saturated rings. The number of amides is 2. The van der Waals surface area contributed by atoms with E-state index in [1.165, 1.54) is 17.0 Å². The normalized spacial score (nSPS) is 11.6. The van der Waals surface area contributed by atoms with E-state index in [-0.39, 0.29) is 35.4 Å². The molecule has 1 N–H and O–H groups in total. The van der Waals surface area contributed by atoms with Crippen LogP contribution in [0.3, 0.4) is 0 Å². The third-order valence-electron chi connectivity index (χ3n) is 4.84. The Morgan fingerprint density at radius 2 is 1.87 bits per heavy atom. The van der Waals surface area contributed by atoms with E-state index in [1.54, 1.807) is 25.3 Å². The van der Waals surface area contributed by atoms with Crippen molar-refractivity contribution in [3.05, 3.63) is 64.4 Å². The molecule has 0 saturated heterocycles. The predicted molar refractivity (Wildman–Crippen MR) is 116 cm³/mol. The number of hydrogen-bond acceptors (Lipinski definition) is 3. The van der Waals surface area contributed by atoms with Gasteiger partial charge in [0.15, 0.2) is 0 Å². The molecule has 2 aromatic rings. The zero-order chi connectivity index (χ0) is 22.1. The van der Waals surface area contributed by atoms with Gasteiger partial charge in [-0.1, -0.05) is 43.6 Å². The van der Waals surface area contributed by atoms with E-state index in [1.807, 2.05) is 26.0 Å². The van der Waals surface area contributed by atoms with Gasteiger partial charge in [-0.25, -0.2) is 4.39 Å². The first kappa shape index (κ1) is 23.7. The van der Waals surface area contributed by atoms with Crippen molar-refractivity contribution in [3.63, 3.8) is 0 Å². The summed E-state index contributed by atoms with van der Waals surface area (Å²) in [6, 6.07) is 10.9. The quantitative estimate of drug-likeness (QED) is 0.604. The third-order valence-corrected chi connectivity index (χ3v) is 5.19. The maximum absolute atomic E-state index is 14.2. The molecule has 0 aliphatic carbocycles. The summed E-state index contributed by atoms with van der Waals surface area (Å²) in [5.74, 6) is -0.427. The van der Waals surface area contributed by atoms with Crippen LogP contribution in [0.25, 0.3) is 0 Å². The summed E-state index contributed by atoms with van der Waals surface area (Å²) in [4.78, 5) is 27.4. The van der Waals surface area contributed by atoms with E-state index in [4.69, 9.17) is 16.3 Å². The molecule has 2 aromatic carbocycles. The lowest BCUT2D eigenvalue weighted by Crippen LogP contribution is -2.49. The highest BCUT2D eigenvalue weighted by molar-refractivity contribution is 6.31. The van der Waals surface area contributed by atoms with Crippen molar-refractivity contribution >= 4 is 23.4 Å². The van der Waals surface area contributed by atoms with Crippen LogP contribution in [0.15, 0.2) is 42.5 Å². The zero-order valence-corrected chi connectivity index (χ0v) is 18.3. The number of nitrogens with one attached hydrogen (secondary N) is 1. The predicted octanol–water partition coefficient (Wildman–Crippen LogP) is 4.36. The lowest BCUT2D eigenvalue weighted by Gasteiger charge is -2.31. The number of nitrogens with zero attached hydrogens (tertiary/aromatic N) is 1. The van der Waals surface area contributed by atoms with Crippen LogP contribution in [-0.4, -0.2) is 36.4 Å². The topological polar surface area (TPSA) is 58.6 Å². The zero-order valence-electron chi connectivity index (χ0n) is 17.6. The molecule has 5 nitrogen and oxygen atoms in total. The second kappa shape index (κ2) is 11.6. The number of benzene rings is 2. The van der Waals surface area contributed by atoms with E-state index in [0.29, 0.717) is 18.7 Å². The number of carbonyl (C=O) groups is 2. The molecule has 0 bridgehead atoms. The van der Waals surface area contributed by atoms with Crippen LogP contribution in [0.1, 0.15) is 37.8 Å². The van der Waals surface area contributed by atoms with Gasteiger partial charge < -0.3 is 15.0 Å². The Bertz CT molecular complexity index is 838. The van der Waals surface area contributed by atoms with E-state index in [2.05, 4.69) is 5.32 Å². The molecule has 2 rings (SSSR count). The van der Waals surface area contributed by atoms with Crippen molar-refractivity contribution in [1.29, 1.82) is 0 Å². The molecule has 1 atom stereocenters. The Morgan fingerprint density at radius 3 is 2.43 bits per heavy atom. The average molecular weight is 435 g/mol. The largest absolute Gasteiger partial charge is 0.497 e. The van der Waals surface area contributed by atoms with Crippen molar-refractivity contribution in [1.82, 2.24) is 10.2 Å². The van der Waals surface area contributed by atoms with Crippen LogP contribution >= 0.6 is 11.6 Å². The first-order valence-electron chi connectivity index (χ1n) is 10.0. The molecule has 0 unspecified atom stereocenters. The number of carbonyl (C=O) groups excluding carboxylic acids is 2. The van der Waals surface area contributed by atoms with Crippen LogP contribution < -0.4 is 10.1 Å². The fourth-order valence-electron chi connectivity index (χ4n) is 3.17. The lowest BCUT2D eigenvalue weighted by molar-refractivity contribution is -0.141. The fraction of sp³-hybridized carbons (Fsp3) is 0.391. The minimum absolute atomic E-state index is 0.132. The van der Waals surface area contributed by atoms with Gasteiger partial charge in [-0.3, -0.25) is 9.59 Å². The Hall–Kier alpha value is -2.60. The molecule has 2 amide bonds. The van der Waals surface area contributed by atoms with Gasteiger partial charge in [0.05, 0.1) is 13.5 Å². The summed E-state index contributed by atoms with van der Waals surface area (Å²) in [7, 11) is 1.58. The Labute approximate surface area is 182 Å². The number of ether oxygens (including phenoxy) is 1. The maximum atomic E-state index is 14.2. The van der Waals surface area contributed by atoms with E-state index >= 15 is 0 Å². The summed E-state index contributed by atoms with van der Waals surface area (Å²) >= 11 is 6.11. The van der Waals surface area contributed by atoms with E-state index in [9.17, 15) is 14.0 Å². The van der Waals surface area contributed by atoms with Gasteiger partial charge in [-0.05, 0) is 42.7 Å². The van der Waals surface area contributed by atoms with E-state index in [0.717, 1.165) is 12.0 Å². The highest BCUT2D eigenvalue weighted by atomic mass is 35.5. The highest BCUT2D eigenvalue weighted by Gasteiger charge is 2.29. The van der Waals surface area contributed by atoms with Gasteiger partial charge in [-0.15, -0.1) is 0 Å². The van der Waals surface area contributed by atoms with Crippen molar-refractivity contribution in [2.45, 2.75) is 45.7 Å². The smallest absolute Gasteiger partial charge is 0.242 e. The van der Waals surface area contributed by atoms with Crippen LogP contribution in [0.2, 0.25) is 5.02 Å². The Morgan fingerprint density at radius 1 is 1.17 bits per heavy atom. The van der Waals surface area contributed by atoms with Crippen LogP contribution in [0.5, 0.6) is 5.75 Å². The van der Waals surface area contributed by atoms with Crippen LogP contribution in [0.4, 0.5) is 4.39 Å². The SMILES string of the molecule is CCCNC(=O)[C@@H](CC)N(Cc1ccc(OC)cc1)C(=O)Cc1c(F)cccc1Cl. The summed E-state index contributed by atoms with van der Waals surface area (Å²) in [5, 5.41) is 3.05. The van der Waals surface area contributed by atoms with Gasteiger partial charge in [0, 0.05) is 23.7 Å². The first-order valence-corrected chi connectivity index (χ1v) is 10.4. The molecule has 30 heavy (non-hydrogen) atoms. The molecule has 0 aromatic heterocycles. The monoisotopic (exact) mass is 434 g/mol. The number of hydrogen-bond donors (Lipinski definition) is 1. The average Bonchev–Trinajstić information content (AvgIpc) is 2.75. The first-order chi connectivity index (χ1) is 14.4. The summed E-state index contributed by atoms with van der Waals surface area (Å²) in [6.45, 7) is 4.55. The second-order valence-electron chi connectivity index (χ2n) is 6.96. The number of halogens is 2. The van der Waals surface area contributed by atoms with Gasteiger partial charge >= 0.3 is 0 Å². The summed E-state index contributed by atoms with van der Waals surface area (Å²) in [5.41, 5.74) is 0.971. The highest BCUT2D eigenvalue weighted by Crippen LogP contribution is 2.22. The fourth-order valence-corrected chi connectivity index (χ4v) is 3.40. The molecular weight excluding hydrogens is 407 g/mol. The van der Waals surface area contributed by atoms with E-state index < -0.39 is 11.9 Å². The molecule has 7 heteroatoms. The molecule has 0 saturated carbocycles. The van der Waals surface area contributed by atoms with Gasteiger partial charge in [0.25, 0.3) is 0 Å². The molecule has 0 aliphatic rings. The second-order valence-corrected chi connectivity index (χ2v) is 7.37. The Balaban J connectivity index is 2.32.